The second-order valence-corrected chi connectivity index (χ2v) is 7.02. The maximum Gasteiger partial charge on any atom is 0.197 e. The van der Waals surface area contributed by atoms with Gasteiger partial charge in [0, 0.05) is 30.3 Å². The van der Waals surface area contributed by atoms with Gasteiger partial charge in [0.2, 0.25) is 0 Å². The number of phenolic OH excluding ortho intramolecular Hbond substituents is 1. The molecule has 2 heterocycles. The molecule has 0 amide bonds. The predicted octanol–water partition coefficient (Wildman–Crippen LogP) is 3.66. The summed E-state index contributed by atoms with van der Waals surface area (Å²) in [5.41, 5.74) is 0.629. The Morgan fingerprint density at radius 2 is 1.80 bits per heavy atom. The molecule has 1 aliphatic heterocycles. The number of hydrogen-bond donors (Lipinski definition) is 1. The van der Waals surface area contributed by atoms with E-state index in [1.54, 1.807) is 18.2 Å². The van der Waals surface area contributed by atoms with Crippen LogP contribution in [0.2, 0.25) is 0 Å². The van der Waals surface area contributed by atoms with Gasteiger partial charge in [0.05, 0.1) is 0 Å². The molecule has 2 aromatic carbocycles. The normalized spacial score (nSPS) is 13.0. The minimum Gasteiger partial charge on any atom is -0.507 e. The van der Waals surface area contributed by atoms with Crippen LogP contribution in [-0.2, 0) is 0 Å². The van der Waals surface area contributed by atoms with Crippen LogP contribution in [0.15, 0.2) is 45.6 Å². The molecule has 0 bridgehead atoms. The average molecular weight is 411 g/mol. The molecule has 30 heavy (non-hydrogen) atoms. The molecule has 3 aromatic rings. The molecule has 0 aliphatic carbocycles. The number of nitrogens with zero attached hydrogens (tertiary/aromatic N) is 1. The number of phenols is 1. The molecular weight excluding hydrogens is 386 g/mol. The number of aromatic hydroxyl groups is 1. The van der Waals surface area contributed by atoms with Crippen LogP contribution in [0.3, 0.4) is 0 Å². The Bertz CT molecular complexity index is 1100. The topological polar surface area (TPSA) is 81.4 Å². The van der Waals surface area contributed by atoms with E-state index in [0.717, 1.165) is 19.6 Å². The zero-order chi connectivity index (χ0) is 21.1. The Balaban J connectivity index is 1.65. The van der Waals surface area contributed by atoms with Gasteiger partial charge in [0.15, 0.2) is 16.9 Å². The van der Waals surface area contributed by atoms with Gasteiger partial charge in [-0.1, -0.05) is 13.8 Å². The fraction of sp³-hybridized carbons (Fsp3) is 0.348. The van der Waals surface area contributed by atoms with Crippen LogP contribution in [0.25, 0.3) is 22.3 Å². The van der Waals surface area contributed by atoms with Crippen LogP contribution in [0.1, 0.15) is 13.8 Å². The first-order valence-electron chi connectivity index (χ1n) is 10.1. The summed E-state index contributed by atoms with van der Waals surface area (Å²) in [5, 5.41) is 10.5. The van der Waals surface area contributed by atoms with E-state index < -0.39 is 0 Å². The zero-order valence-corrected chi connectivity index (χ0v) is 17.1. The highest BCUT2D eigenvalue weighted by Crippen LogP contribution is 2.36. The van der Waals surface area contributed by atoms with E-state index in [4.69, 9.17) is 18.6 Å². The van der Waals surface area contributed by atoms with Crippen LogP contribution >= 0.6 is 0 Å². The van der Waals surface area contributed by atoms with Gasteiger partial charge in [-0.3, -0.25) is 4.79 Å². The first-order valence-corrected chi connectivity index (χ1v) is 10.1. The molecular formula is C23H25NO6. The zero-order valence-electron chi connectivity index (χ0n) is 17.1. The van der Waals surface area contributed by atoms with Crippen molar-refractivity contribution in [1.82, 2.24) is 4.90 Å². The van der Waals surface area contributed by atoms with Gasteiger partial charge in [-0.05, 0) is 31.3 Å². The molecule has 1 aromatic heterocycles. The molecule has 0 fully saturated rings. The average Bonchev–Trinajstić information content (AvgIpc) is 2.76. The fourth-order valence-electron chi connectivity index (χ4n) is 3.50. The molecule has 1 aliphatic rings. The monoisotopic (exact) mass is 411 g/mol. The number of hydrogen-bond acceptors (Lipinski definition) is 7. The van der Waals surface area contributed by atoms with Gasteiger partial charge < -0.3 is 28.6 Å². The van der Waals surface area contributed by atoms with Crippen LogP contribution in [0.5, 0.6) is 23.0 Å². The SMILES string of the molecule is CCN(CC)CCOc1cc(O)c2c(=O)cc(-c3ccc4c(c3)OCCO4)oc2c1. The van der Waals surface area contributed by atoms with Crippen molar-refractivity contribution >= 4 is 11.0 Å². The van der Waals surface area contributed by atoms with Crippen LogP contribution in [-0.4, -0.2) is 49.5 Å². The summed E-state index contributed by atoms with van der Waals surface area (Å²) < 4.78 is 22.9. The fourth-order valence-corrected chi connectivity index (χ4v) is 3.50. The molecule has 1 N–H and O–H groups in total. The quantitative estimate of drug-likeness (QED) is 0.635. The molecule has 0 saturated carbocycles. The molecule has 0 atom stereocenters. The molecule has 0 spiro atoms. The van der Waals surface area contributed by atoms with Crippen molar-refractivity contribution in [2.24, 2.45) is 0 Å². The lowest BCUT2D eigenvalue weighted by molar-refractivity contribution is 0.171. The van der Waals surface area contributed by atoms with Gasteiger partial charge in [0.1, 0.15) is 48.0 Å². The second-order valence-electron chi connectivity index (χ2n) is 7.02. The van der Waals surface area contributed by atoms with Crippen LogP contribution in [0, 0.1) is 0 Å². The van der Waals surface area contributed by atoms with E-state index in [1.807, 2.05) is 6.07 Å². The van der Waals surface area contributed by atoms with Crippen LogP contribution in [0.4, 0.5) is 0 Å². The maximum atomic E-state index is 12.7. The highest BCUT2D eigenvalue weighted by molar-refractivity contribution is 5.86. The van der Waals surface area contributed by atoms with Crippen molar-refractivity contribution in [3.8, 4) is 34.3 Å². The highest BCUT2D eigenvalue weighted by Gasteiger charge is 2.16. The van der Waals surface area contributed by atoms with Gasteiger partial charge >= 0.3 is 0 Å². The standard InChI is InChI=1S/C23H25NO6/c1-3-24(4-2)7-8-27-16-12-17(25)23-18(26)14-20(30-22(23)13-16)15-5-6-19-21(11-15)29-10-9-28-19/h5-6,11-14,25H,3-4,7-10H2,1-2H3. The molecule has 7 heteroatoms. The molecule has 4 rings (SSSR count). The van der Waals surface area contributed by atoms with Gasteiger partial charge in [0.25, 0.3) is 0 Å². The summed E-state index contributed by atoms with van der Waals surface area (Å²) in [7, 11) is 0. The van der Waals surface area contributed by atoms with E-state index >= 15 is 0 Å². The largest absolute Gasteiger partial charge is 0.507 e. The molecule has 158 valence electrons. The first kappa shape index (κ1) is 20.1. The molecule has 0 radical (unpaired) electrons. The Kier molecular flexibility index (Phi) is 5.81. The Morgan fingerprint density at radius 3 is 2.57 bits per heavy atom. The lowest BCUT2D eigenvalue weighted by atomic mass is 10.1. The maximum absolute atomic E-state index is 12.7. The van der Waals surface area contributed by atoms with Crippen molar-refractivity contribution in [3.63, 3.8) is 0 Å². The van der Waals surface area contributed by atoms with Crippen molar-refractivity contribution < 1.29 is 23.7 Å². The van der Waals surface area contributed by atoms with E-state index in [2.05, 4.69) is 18.7 Å². The van der Waals surface area contributed by atoms with Gasteiger partial charge in [-0.2, -0.15) is 0 Å². The van der Waals surface area contributed by atoms with Gasteiger partial charge in [-0.25, -0.2) is 0 Å². The molecule has 7 nitrogen and oxygen atoms in total. The van der Waals surface area contributed by atoms with Crippen LogP contribution < -0.4 is 19.6 Å². The Labute approximate surface area is 174 Å². The summed E-state index contributed by atoms with van der Waals surface area (Å²) in [6.45, 7) is 8.30. The van der Waals surface area contributed by atoms with E-state index in [-0.39, 0.29) is 22.1 Å². The number of benzene rings is 2. The van der Waals surface area contributed by atoms with Gasteiger partial charge in [-0.15, -0.1) is 0 Å². The number of likely N-dealkylation sites (N-methyl/N-ethyl adjacent to an activating group) is 1. The lowest BCUT2D eigenvalue weighted by Crippen LogP contribution is -2.27. The summed E-state index contributed by atoms with van der Waals surface area (Å²) in [5.74, 6) is 1.94. The smallest absolute Gasteiger partial charge is 0.197 e. The number of ether oxygens (including phenoxy) is 3. The summed E-state index contributed by atoms with van der Waals surface area (Å²) in [6, 6.07) is 9.84. The van der Waals surface area contributed by atoms with Crippen molar-refractivity contribution in [1.29, 1.82) is 0 Å². The minimum atomic E-state index is -0.326. The minimum absolute atomic E-state index is 0.132. The second kappa shape index (κ2) is 8.67. The third kappa shape index (κ3) is 4.07. The Hall–Kier alpha value is -3.19. The summed E-state index contributed by atoms with van der Waals surface area (Å²) in [4.78, 5) is 14.9. The lowest BCUT2D eigenvalue weighted by Gasteiger charge is -2.19. The van der Waals surface area contributed by atoms with Crippen molar-refractivity contribution in [2.45, 2.75) is 13.8 Å². The van der Waals surface area contributed by atoms with E-state index in [9.17, 15) is 9.90 Å². The Morgan fingerprint density at radius 1 is 1.03 bits per heavy atom. The number of fused-ring (bicyclic) bond motifs is 2. The third-order valence-corrected chi connectivity index (χ3v) is 5.18. The summed E-state index contributed by atoms with van der Waals surface area (Å²) in [6.07, 6.45) is 0. The van der Waals surface area contributed by atoms with Crippen molar-refractivity contribution in [3.05, 3.63) is 46.6 Å². The van der Waals surface area contributed by atoms with E-state index in [0.29, 0.717) is 48.4 Å². The summed E-state index contributed by atoms with van der Waals surface area (Å²) >= 11 is 0. The van der Waals surface area contributed by atoms with E-state index in [1.165, 1.54) is 12.1 Å². The van der Waals surface area contributed by atoms with Crippen molar-refractivity contribution in [2.75, 3.05) is 39.5 Å². The molecule has 0 saturated heterocycles. The third-order valence-electron chi connectivity index (χ3n) is 5.18. The number of rotatable bonds is 7. The molecule has 0 unspecified atom stereocenters. The predicted molar refractivity (Wildman–Crippen MR) is 114 cm³/mol. The highest BCUT2D eigenvalue weighted by atomic mass is 16.6. The first-order chi connectivity index (χ1) is 14.6.